The van der Waals surface area contributed by atoms with Gasteiger partial charge in [0.15, 0.2) is 6.29 Å². The Kier molecular flexibility index (Phi) is 58.8. The van der Waals surface area contributed by atoms with Crippen molar-refractivity contribution in [3.63, 3.8) is 0 Å². The summed E-state index contributed by atoms with van der Waals surface area (Å²) in [6.07, 6.45) is 64.5. The molecular weight excluding hydrogens is 1040 g/mol. The van der Waals surface area contributed by atoms with Crippen molar-refractivity contribution in [2.75, 3.05) is 13.2 Å². The smallest absolute Gasteiger partial charge is 0.249 e. The van der Waals surface area contributed by atoms with E-state index in [2.05, 4.69) is 31.3 Å². The Morgan fingerprint density at radius 1 is 0.410 bits per heavy atom. The third kappa shape index (κ3) is 48.5. The van der Waals surface area contributed by atoms with Gasteiger partial charge in [-0.15, -0.1) is 0 Å². The van der Waals surface area contributed by atoms with Gasteiger partial charge in [-0.25, -0.2) is 0 Å². The van der Waals surface area contributed by atoms with Crippen LogP contribution in [0.3, 0.4) is 0 Å². The van der Waals surface area contributed by atoms with Crippen LogP contribution >= 0.6 is 0 Å². The molecule has 1 saturated heterocycles. The van der Waals surface area contributed by atoms with Crippen molar-refractivity contribution >= 4 is 5.91 Å². The van der Waals surface area contributed by atoms with E-state index in [1.807, 2.05) is 0 Å². The summed E-state index contributed by atoms with van der Waals surface area (Å²) in [5, 5.41) is 76.6. The van der Waals surface area contributed by atoms with E-state index in [0.29, 0.717) is 12.8 Å². The molecule has 0 saturated carbocycles. The van der Waals surface area contributed by atoms with Crippen LogP contribution in [0.4, 0.5) is 0 Å². The van der Waals surface area contributed by atoms with Crippen LogP contribution in [0.5, 0.6) is 0 Å². The second-order valence-electron chi connectivity index (χ2n) is 26.0. The standard InChI is InChI=1S/C72H141NO10/c1-3-5-7-9-11-13-15-17-19-21-23-25-27-29-31-32-34-36-38-40-42-44-46-48-50-52-54-56-58-60-65(76)71(81)73-63(62-82-72-70(80)69(79)68(78)66(61-74)83-72)67(77)64(75)59-57-55-53-51-49-47-45-43-41-39-37-35-33-30-28-26-24-22-20-18-16-14-12-10-8-6-4-2/h51,53,63-70,72,74-80H,3-50,52,54-62H2,1-2H3,(H,73,81)/b53-51+. The molecule has 1 amide bonds. The fourth-order valence-electron chi connectivity index (χ4n) is 12.2. The van der Waals surface area contributed by atoms with E-state index in [1.54, 1.807) is 0 Å². The van der Waals surface area contributed by atoms with Gasteiger partial charge < -0.3 is 50.5 Å². The monoisotopic (exact) mass is 1180 g/mol. The molecule has 8 N–H and O–H groups in total. The summed E-state index contributed by atoms with van der Waals surface area (Å²) in [4.78, 5) is 13.3. The lowest BCUT2D eigenvalue weighted by Crippen LogP contribution is -2.60. The normalized spacial score (nSPS) is 19.0. The first-order valence-electron chi connectivity index (χ1n) is 36.6. The van der Waals surface area contributed by atoms with Gasteiger partial charge in [0.1, 0.15) is 36.6 Å². The fraction of sp³-hybridized carbons (Fsp3) is 0.958. The third-order valence-electron chi connectivity index (χ3n) is 18.1. The van der Waals surface area contributed by atoms with Crippen LogP contribution in [0.2, 0.25) is 0 Å². The van der Waals surface area contributed by atoms with Crippen LogP contribution < -0.4 is 5.32 Å². The van der Waals surface area contributed by atoms with Crippen LogP contribution in [0, 0.1) is 0 Å². The number of ether oxygens (including phenoxy) is 2. The molecule has 0 spiro atoms. The van der Waals surface area contributed by atoms with E-state index < -0.39 is 74.2 Å². The first kappa shape index (κ1) is 79.9. The van der Waals surface area contributed by atoms with Gasteiger partial charge in [0.2, 0.25) is 5.91 Å². The molecule has 1 aliphatic rings. The van der Waals surface area contributed by atoms with Crippen LogP contribution in [-0.2, 0) is 14.3 Å². The molecule has 11 nitrogen and oxygen atoms in total. The van der Waals surface area contributed by atoms with Crippen molar-refractivity contribution in [3.05, 3.63) is 12.2 Å². The molecule has 0 radical (unpaired) electrons. The molecule has 0 bridgehead atoms. The van der Waals surface area contributed by atoms with Crippen molar-refractivity contribution in [2.45, 2.75) is 428 Å². The van der Waals surface area contributed by atoms with Crippen LogP contribution in [0.25, 0.3) is 0 Å². The molecule has 0 aromatic carbocycles. The Balaban J connectivity index is 2.19. The van der Waals surface area contributed by atoms with E-state index >= 15 is 0 Å². The SMILES string of the molecule is CCCCCCCCCCCCCCCCCCCCCCCC/C=C/CCCC(O)C(O)C(COC1OC(CO)C(O)C(O)C1O)NC(=O)C(O)CCCCCCCCCCCCCCCCCCCCCCCCCCCCCCC. The molecule has 1 aliphatic heterocycles. The zero-order chi connectivity index (χ0) is 60.3. The highest BCUT2D eigenvalue weighted by Gasteiger charge is 2.44. The number of carbonyl (C=O) groups excluding carboxylic acids is 1. The molecule has 0 aromatic rings. The zero-order valence-corrected chi connectivity index (χ0v) is 54.7. The summed E-state index contributed by atoms with van der Waals surface area (Å²) in [6.45, 7) is 3.51. The molecule has 9 atom stereocenters. The number of aliphatic hydroxyl groups is 7. The van der Waals surface area contributed by atoms with Gasteiger partial charge in [-0.05, 0) is 38.5 Å². The maximum absolute atomic E-state index is 13.3. The maximum atomic E-state index is 13.3. The average molecular weight is 1180 g/mol. The number of nitrogens with one attached hydrogen (secondary N) is 1. The molecule has 0 aromatic heterocycles. The first-order chi connectivity index (χ1) is 40.7. The average Bonchev–Trinajstić information content (AvgIpc) is 3.69. The number of amides is 1. The Morgan fingerprint density at radius 3 is 1.04 bits per heavy atom. The number of carbonyl (C=O) groups is 1. The Morgan fingerprint density at radius 2 is 0.711 bits per heavy atom. The Labute approximate surface area is 512 Å². The molecule has 83 heavy (non-hydrogen) atoms. The van der Waals surface area contributed by atoms with Gasteiger partial charge in [-0.2, -0.15) is 0 Å². The number of aliphatic hydroxyl groups excluding tert-OH is 7. The highest BCUT2D eigenvalue weighted by molar-refractivity contribution is 5.80. The van der Waals surface area contributed by atoms with Gasteiger partial charge in [-0.1, -0.05) is 347 Å². The fourth-order valence-corrected chi connectivity index (χ4v) is 12.2. The van der Waals surface area contributed by atoms with Crippen LogP contribution in [-0.4, -0.2) is 110 Å². The summed E-state index contributed by atoms with van der Waals surface area (Å²) in [6, 6.07) is -1.18. The summed E-state index contributed by atoms with van der Waals surface area (Å²) in [5.41, 5.74) is 0. The number of hydrogen-bond acceptors (Lipinski definition) is 10. The molecule has 1 fully saturated rings. The molecule has 9 unspecified atom stereocenters. The lowest BCUT2D eigenvalue weighted by atomic mass is 9.98. The predicted octanol–water partition coefficient (Wildman–Crippen LogP) is 17.8. The zero-order valence-electron chi connectivity index (χ0n) is 54.7. The van der Waals surface area contributed by atoms with E-state index in [-0.39, 0.29) is 12.8 Å². The van der Waals surface area contributed by atoms with Crippen LogP contribution in [0.1, 0.15) is 373 Å². The van der Waals surface area contributed by atoms with Gasteiger partial charge in [0.05, 0.1) is 25.4 Å². The van der Waals surface area contributed by atoms with Gasteiger partial charge in [0.25, 0.3) is 0 Å². The molecular formula is C72H141NO10. The first-order valence-corrected chi connectivity index (χ1v) is 36.6. The number of unbranched alkanes of at least 4 members (excludes halogenated alkanes) is 51. The van der Waals surface area contributed by atoms with Crippen molar-refractivity contribution in [3.8, 4) is 0 Å². The quantitative estimate of drug-likeness (QED) is 0.0215. The second kappa shape index (κ2) is 61.1. The summed E-state index contributed by atoms with van der Waals surface area (Å²) in [7, 11) is 0. The summed E-state index contributed by atoms with van der Waals surface area (Å²) < 4.78 is 11.2. The van der Waals surface area contributed by atoms with Crippen molar-refractivity contribution < 1.29 is 50.0 Å². The van der Waals surface area contributed by atoms with E-state index in [9.17, 15) is 40.5 Å². The minimum Gasteiger partial charge on any atom is -0.394 e. The second-order valence-corrected chi connectivity index (χ2v) is 26.0. The number of hydrogen-bond donors (Lipinski definition) is 8. The molecule has 494 valence electrons. The van der Waals surface area contributed by atoms with Crippen molar-refractivity contribution in [1.29, 1.82) is 0 Å². The minimum atomic E-state index is -1.67. The highest BCUT2D eigenvalue weighted by Crippen LogP contribution is 2.24. The van der Waals surface area contributed by atoms with E-state index in [4.69, 9.17) is 9.47 Å². The molecule has 1 heterocycles. The Hall–Kier alpha value is -1.15. The summed E-state index contributed by atoms with van der Waals surface area (Å²) in [5.74, 6) is -0.697. The van der Waals surface area contributed by atoms with Crippen molar-refractivity contribution in [1.82, 2.24) is 5.32 Å². The molecule has 11 heteroatoms. The lowest BCUT2D eigenvalue weighted by Gasteiger charge is -2.40. The Bertz CT molecular complexity index is 1350. The number of rotatable bonds is 65. The molecule has 1 rings (SSSR count). The van der Waals surface area contributed by atoms with Gasteiger partial charge >= 0.3 is 0 Å². The molecule has 0 aliphatic carbocycles. The maximum Gasteiger partial charge on any atom is 0.249 e. The third-order valence-corrected chi connectivity index (χ3v) is 18.1. The van der Waals surface area contributed by atoms with Gasteiger partial charge in [-0.3, -0.25) is 4.79 Å². The predicted molar refractivity (Wildman–Crippen MR) is 349 cm³/mol. The minimum absolute atomic E-state index is 0.260. The van der Waals surface area contributed by atoms with Crippen molar-refractivity contribution in [2.24, 2.45) is 0 Å². The van der Waals surface area contributed by atoms with E-state index in [1.165, 1.54) is 295 Å². The van der Waals surface area contributed by atoms with Crippen LogP contribution in [0.15, 0.2) is 12.2 Å². The number of allylic oxidation sites excluding steroid dienone is 2. The van der Waals surface area contributed by atoms with E-state index in [0.717, 1.165) is 38.5 Å². The highest BCUT2D eigenvalue weighted by atomic mass is 16.7. The summed E-state index contributed by atoms with van der Waals surface area (Å²) >= 11 is 0. The topological polar surface area (TPSA) is 189 Å². The largest absolute Gasteiger partial charge is 0.394 e. The van der Waals surface area contributed by atoms with Gasteiger partial charge in [0, 0.05) is 0 Å². The lowest BCUT2D eigenvalue weighted by molar-refractivity contribution is -0.303.